The Kier molecular flexibility index (Phi) is 6.59. The Morgan fingerprint density at radius 3 is 2.21 bits per heavy atom. The summed E-state index contributed by atoms with van der Waals surface area (Å²) in [4.78, 5) is 13.0. The molecule has 1 fully saturated rings. The maximum Gasteiger partial charge on any atom is 0.243 e. The molecule has 156 valence electrons. The van der Waals surface area contributed by atoms with Gasteiger partial charge in [-0.3, -0.25) is 4.79 Å². The van der Waals surface area contributed by atoms with Gasteiger partial charge in [0.05, 0.1) is 18.0 Å². The summed E-state index contributed by atoms with van der Waals surface area (Å²) in [6.45, 7) is 4.57. The molecule has 0 aromatic heterocycles. The average molecular weight is 417 g/mol. The van der Waals surface area contributed by atoms with Crippen molar-refractivity contribution in [2.75, 3.05) is 20.2 Å². The fraction of sp³-hybridized carbons (Fsp3) is 0.409. The molecule has 29 heavy (non-hydrogen) atoms. The van der Waals surface area contributed by atoms with Gasteiger partial charge in [0, 0.05) is 19.0 Å². The molecule has 1 aliphatic heterocycles. The molecule has 0 bridgehead atoms. The monoisotopic (exact) mass is 416 g/mol. The van der Waals surface area contributed by atoms with Crippen molar-refractivity contribution in [2.24, 2.45) is 5.92 Å². The number of aryl methyl sites for hydroxylation is 1. The summed E-state index contributed by atoms with van der Waals surface area (Å²) in [5.74, 6) is 0.565. The highest BCUT2D eigenvalue weighted by Crippen LogP contribution is 2.25. The predicted octanol–water partition coefficient (Wildman–Crippen LogP) is 3.28. The number of benzene rings is 2. The van der Waals surface area contributed by atoms with Crippen LogP contribution >= 0.6 is 0 Å². The molecule has 2 aromatic rings. The molecule has 1 saturated heterocycles. The van der Waals surface area contributed by atoms with Crippen LogP contribution in [0.5, 0.6) is 5.75 Å². The SMILES string of the molecule is COc1ccc(C(C)NC(=O)C2CCN(S(=O)(=O)c3ccc(C)cc3)CC2)cc1. The molecule has 1 atom stereocenters. The van der Waals surface area contributed by atoms with E-state index in [1.807, 2.05) is 38.1 Å². The summed E-state index contributed by atoms with van der Waals surface area (Å²) in [6, 6.07) is 14.4. The van der Waals surface area contributed by atoms with E-state index in [2.05, 4.69) is 5.32 Å². The van der Waals surface area contributed by atoms with Gasteiger partial charge in [-0.15, -0.1) is 0 Å². The van der Waals surface area contributed by atoms with E-state index < -0.39 is 10.0 Å². The number of hydrogen-bond donors (Lipinski definition) is 1. The lowest BCUT2D eigenvalue weighted by atomic mass is 9.96. The molecule has 1 heterocycles. The summed E-state index contributed by atoms with van der Waals surface area (Å²) in [5.41, 5.74) is 2.02. The van der Waals surface area contributed by atoms with Crippen molar-refractivity contribution >= 4 is 15.9 Å². The maximum atomic E-state index is 12.8. The number of carbonyl (C=O) groups excluding carboxylic acids is 1. The lowest BCUT2D eigenvalue weighted by Crippen LogP contribution is -2.43. The van der Waals surface area contributed by atoms with Crippen LogP contribution in [0, 0.1) is 12.8 Å². The van der Waals surface area contributed by atoms with Crippen molar-refractivity contribution in [1.82, 2.24) is 9.62 Å². The highest BCUT2D eigenvalue weighted by molar-refractivity contribution is 7.89. The standard InChI is InChI=1S/C22H28N2O4S/c1-16-4-10-21(11-5-16)29(26,27)24-14-12-19(13-15-24)22(25)23-17(2)18-6-8-20(28-3)9-7-18/h4-11,17,19H,12-15H2,1-3H3,(H,23,25). The van der Waals surface area contributed by atoms with Gasteiger partial charge in [-0.1, -0.05) is 29.8 Å². The highest BCUT2D eigenvalue weighted by atomic mass is 32.2. The van der Waals surface area contributed by atoms with Gasteiger partial charge < -0.3 is 10.1 Å². The number of ether oxygens (including phenoxy) is 1. The Balaban J connectivity index is 1.56. The second-order valence-corrected chi connectivity index (χ2v) is 9.43. The topological polar surface area (TPSA) is 75.7 Å². The lowest BCUT2D eigenvalue weighted by molar-refractivity contribution is -0.126. The molecule has 0 aliphatic carbocycles. The van der Waals surface area contributed by atoms with E-state index in [4.69, 9.17) is 4.74 Å². The fourth-order valence-electron chi connectivity index (χ4n) is 3.52. The highest BCUT2D eigenvalue weighted by Gasteiger charge is 2.32. The number of hydrogen-bond acceptors (Lipinski definition) is 4. The number of nitrogens with one attached hydrogen (secondary N) is 1. The Morgan fingerprint density at radius 2 is 1.66 bits per heavy atom. The zero-order valence-electron chi connectivity index (χ0n) is 17.1. The molecular weight excluding hydrogens is 388 g/mol. The normalized spacial score (nSPS) is 16.9. The first-order chi connectivity index (χ1) is 13.8. The summed E-state index contributed by atoms with van der Waals surface area (Å²) in [6.07, 6.45) is 1.04. The van der Waals surface area contributed by atoms with Crippen molar-refractivity contribution in [3.8, 4) is 5.75 Å². The van der Waals surface area contributed by atoms with E-state index in [1.165, 1.54) is 4.31 Å². The number of rotatable bonds is 6. The molecule has 0 saturated carbocycles. The van der Waals surface area contributed by atoms with Crippen LogP contribution in [0.4, 0.5) is 0 Å². The molecule has 1 N–H and O–H groups in total. The third-order valence-corrected chi connectivity index (χ3v) is 7.37. The van der Waals surface area contributed by atoms with Crippen LogP contribution in [0.2, 0.25) is 0 Å². The third-order valence-electron chi connectivity index (χ3n) is 5.46. The van der Waals surface area contributed by atoms with Gasteiger partial charge in [0.2, 0.25) is 15.9 Å². The number of amides is 1. The first-order valence-electron chi connectivity index (χ1n) is 9.82. The fourth-order valence-corrected chi connectivity index (χ4v) is 4.99. The quantitative estimate of drug-likeness (QED) is 0.784. The predicted molar refractivity (Wildman–Crippen MR) is 112 cm³/mol. The first-order valence-corrected chi connectivity index (χ1v) is 11.3. The number of sulfonamides is 1. The minimum atomic E-state index is -3.51. The summed E-state index contributed by atoms with van der Waals surface area (Å²) < 4.78 is 32.3. The Morgan fingerprint density at radius 1 is 1.07 bits per heavy atom. The number of carbonyl (C=O) groups is 1. The Labute approximate surface area is 172 Å². The van der Waals surface area contributed by atoms with E-state index in [0.717, 1.165) is 16.9 Å². The van der Waals surface area contributed by atoms with Gasteiger partial charge >= 0.3 is 0 Å². The van der Waals surface area contributed by atoms with E-state index in [9.17, 15) is 13.2 Å². The zero-order valence-corrected chi connectivity index (χ0v) is 17.9. The van der Waals surface area contributed by atoms with Crippen LogP contribution in [0.1, 0.15) is 36.9 Å². The molecule has 2 aromatic carbocycles. The van der Waals surface area contributed by atoms with Gasteiger partial charge in [-0.25, -0.2) is 8.42 Å². The molecule has 0 radical (unpaired) electrons. The van der Waals surface area contributed by atoms with Gasteiger partial charge in [-0.05, 0) is 56.5 Å². The van der Waals surface area contributed by atoms with Crippen LogP contribution in [0.25, 0.3) is 0 Å². The minimum absolute atomic E-state index is 0.0271. The van der Waals surface area contributed by atoms with Crippen molar-refractivity contribution in [2.45, 2.75) is 37.6 Å². The van der Waals surface area contributed by atoms with Crippen LogP contribution in [0.15, 0.2) is 53.4 Å². The van der Waals surface area contributed by atoms with Crippen molar-refractivity contribution < 1.29 is 17.9 Å². The minimum Gasteiger partial charge on any atom is -0.497 e. The third kappa shape index (κ3) is 4.97. The van der Waals surface area contributed by atoms with Crippen molar-refractivity contribution in [3.63, 3.8) is 0 Å². The van der Waals surface area contributed by atoms with E-state index in [1.54, 1.807) is 31.4 Å². The zero-order chi connectivity index (χ0) is 21.0. The second-order valence-electron chi connectivity index (χ2n) is 7.49. The van der Waals surface area contributed by atoms with E-state index in [0.29, 0.717) is 30.8 Å². The molecule has 1 aliphatic rings. The number of piperidine rings is 1. The van der Waals surface area contributed by atoms with Crippen LogP contribution < -0.4 is 10.1 Å². The number of methoxy groups -OCH3 is 1. The van der Waals surface area contributed by atoms with E-state index in [-0.39, 0.29) is 17.9 Å². The second kappa shape index (κ2) is 8.97. The van der Waals surface area contributed by atoms with Crippen molar-refractivity contribution in [3.05, 3.63) is 59.7 Å². The van der Waals surface area contributed by atoms with E-state index >= 15 is 0 Å². The summed E-state index contributed by atoms with van der Waals surface area (Å²) in [7, 11) is -1.89. The van der Waals surface area contributed by atoms with Gasteiger partial charge in [0.15, 0.2) is 0 Å². The molecule has 1 amide bonds. The lowest BCUT2D eigenvalue weighted by Gasteiger charge is -2.31. The molecule has 0 spiro atoms. The molecule has 3 rings (SSSR count). The Bertz CT molecular complexity index is 932. The van der Waals surface area contributed by atoms with Gasteiger partial charge in [0.1, 0.15) is 5.75 Å². The van der Waals surface area contributed by atoms with Gasteiger partial charge in [0.25, 0.3) is 0 Å². The average Bonchev–Trinajstić information content (AvgIpc) is 2.74. The summed E-state index contributed by atoms with van der Waals surface area (Å²) in [5, 5.41) is 3.05. The molecule has 6 nitrogen and oxygen atoms in total. The van der Waals surface area contributed by atoms with Crippen molar-refractivity contribution in [1.29, 1.82) is 0 Å². The van der Waals surface area contributed by atoms with Crippen LogP contribution in [-0.2, 0) is 14.8 Å². The molecular formula is C22H28N2O4S. The van der Waals surface area contributed by atoms with Gasteiger partial charge in [-0.2, -0.15) is 4.31 Å². The first kappa shape index (κ1) is 21.3. The Hall–Kier alpha value is -2.38. The largest absolute Gasteiger partial charge is 0.497 e. The molecule has 1 unspecified atom stereocenters. The smallest absolute Gasteiger partial charge is 0.243 e. The van der Waals surface area contributed by atoms with Crippen LogP contribution in [-0.4, -0.2) is 38.8 Å². The maximum absolute atomic E-state index is 12.8. The summed E-state index contributed by atoms with van der Waals surface area (Å²) >= 11 is 0. The number of nitrogens with zero attached hydrogens (tertiary/aromatic N) is 1. The van der Waals surface area contributed by atoms with Crippen LogP contribution in [0.3, 0.4) is 0 Å². The molecule has 7 heteroatoms.